The zero-order valence-electron chi connectivity index (χ0n) is 35.6. The summed E-state index contributed by atoms with van der Waals surface area (Å²) in [7, 11) is 1.84. The van der Waals surface area contributed by atoms with Gasteiger partial charge in [0.25, 0.3) is 0 Å². The molecule has 0 aliphatic carbocycles. The molecule has 0 radical (unpaired) electrons. The van der Waals surface area contributed by atoms with Gasteiger partial charge in [-0.2, -0.15) is 0 Å². The summed E-state index contributed by atoms with van der Waals surface area (Å²) in [6.45, 7) is 8.35. The Morgan fingerprint density at radius 2 is 1.58 bits per heavy atom. The summed E-state index contributed by atoms with van der Waals surface area (Å²) in [6.07, 6.45) is 4.18. The van der Waals surface area contributed by atoms with Gasteiger partial charge in [0.15, 0.2) is 5.96 Å². The Bertz CT molecular complexity index is 1650. The number of azide groups is 1. The highest BCUT2D eigenvalue weighted by molar-refractivity contribution is 5.97. The van der Waals surface area contributed by atoms with Crippen molar-refractivity contribution in [3.05, 3.63) is 40.3 Å². The van der Waals surface area contributed by atoms with Gasteiger partial charge < -0.3 is 53.2 Å². The van der Waals surface area contributed by atoms with Crippen LogP contribution < -0.4 is 38.1 Å². The third-order valence-corrected chi connectivity index (χ3v) is 10.4. The maximum absolute atomic E-state index is 14.3. The van der Waals surface area contributed by atoms with Crippen LogP contribution in [-0.2, 0) is 35.2 Å². The number of amides is 5. The number of unbranched alkanes of at least 4 members (excludes halogenated alkanes) is 2. The third kappa shape index (κ3) is 17.3. The van der Waals surface area contributed by atoms with Gasteiger partial charge in [-0.05, 0) is 93.6 Å². The Morgan fingerprint density at radius 1 is 0.900 bits per heavy atom. The number of hydrogen-bond donors (Lipinski definition) is 9. The normalized spacial score (nSPS) is 16.6. The second-order valence-corrected chi connectivity index (χ2v) is 15.7. The number of phenolic OH excluding ortho intramolecular Hbond substituents is 1. The lowest BCUT2D eigenvalue weighted by molar-refractivity contribution is -0.143. The molecule has 0 aromatic heterocycles. The third-order valence-electron chi connectivity index (χ3n) is 10.4. The minimum atomic E-state index is -1.27. The number of likely N-dealkylation sites (tertiary alicyclic amines) is 1. The first-order valence-electron chi connectivity index (χ1n) is 20.8. The van der Waals surface area contributed by atoms with E-state index in [1.165, 1.54) is 17.0 Å². The van der Waals surface area contributed by atoms with E-state index in [0.29, 0.717) is 31.2 Å². The maximum Gasteiger partial charge on any atom is 0.326 e. The Hall–Kier alpha value is -5.62. The van der Waals surface area contributed by atoms with Crippen molar-refractivity contribution >= 4 is 41.5 Å². The zero-order valence-corrected chi connectivity index (χ0v) is 35.6. The number of rotatable bonds is 27. The molecule has 1 aliphatic heterocycles. The number of aliphatic imine (C=N–C) groups is 1. The summed E-state index contributed by atoms with van der Waals surface area (Å²) in [4.78, 5) is 89.7. The lowest BCUT2D eigenvalue weighted by Gasteiger charge is -2.31. The number of hydrogen-bond acceptors (Lipinski definition) is 10. The number of nitrogens with one attached hydrogen (secondary N) is 5. The monoisotopic (exact) mass is 843 g/mol. The first kappa shape index (κ1) is 50.5. The minimum Gasteiger partial charge on any atom is -0.508 e. The van der Waals surface area contributed by atoms with Crippen LogP contribution >= 0.6 is 0 Å². The molecule has 7 atom stereocenters. The van der Waals surface area contributed by atoms with Crippen LogP contribution in [0.4, 0.5) is 0 Å². The largest absolute Gasteiger partial charge is 0.508 e. The zero-order chi connectivity index (χ0) is 44.8. The van der Waals surface area contributed by atoms with Gasteiger partial charge in [0.1, 0.15) is 42.0 Å². The van der Waals surface area contributed by atoms with E-state index >= 15 is 0 Å². The number of nitrogens with zero attached hydrogens (tertiary/aromatic N) is 5. The van der Waals surface area contributed by atoms with Gasteiger partial charge in [0.05, 0.1) is 0 Å². The van der Waals surface area contributed by atoms with Crippen molar-refractivity contribution in [3.8, 4) is 5.75 Å². The van der Waals surface area contributed by atoms with Crippen molar-refractivity contribution in [3.63, 3.8) is 0 Å². The molecule has 2 rings (SSSR count). The number of carboxylic acid groups (broad SMARTS) is 1. The van der Waals surface area contributed by atoms with Gasteiger partial charge >= 0.3 is 5.97 Å². The summed E-state index contributed by atoms with van der Waals surface area (Å²) in [5, 5.41) is 37.2. The second-order valence-electron chi connectivity index (χ2n) is 15.7. The van der Waals surface area contributed by atoms with E-state index in [-0.39, 0.29) is 62.8 Å². The van der Waals surface area contributed by atoms with Crippen LogP contribution in [-0.4, -0.2) is 120 Å². The number of aromatic hydroxyl groups is 1. The van der Waals surface area contributed by atoms with Crippen LogP contribution in [0.5, 0.6) is 5.75 Å². The molecule has 1 saturated heterocycles. The fourth-order valence-electron chi connectivity index (χ4n) is 6.91. The van der Waals surface area contributed by atoms with E-state index < -0.39 is 77.7 Å². The highest BCUT2D eigenvalue weighted by atomic mass is 16.4. The van der Waals surface area contributed by atoms with Crippen LogP contribution in [0.3, 0.4) is 0 Å². The molecule has 1 aliphatic rings. The molecule has 0 bridgehead atoms. The van der Waals surface area contributed by atoms with Gasteiger partial charge in [-0.15, -0.1) is 0 Å². The molecule has 0 saturated carbocycles. The smallest absolute Gasteiger partial charge is 0.326 e. The maximum atomic E-state index is 14.3. The number of aliphatic carboxylic acids is 1. The fraction of sp³-hybridized carbons (Fsp3) is 0.675. The van der Waals surface area contributed by atoms with Crippen LogP contribution in [0.25, 0.3) is 10.4 Å². The molecule has 334 valence electrons. The molecule has 1 aromatic carbocycles. The van der Waals surface area contributed by atoms with E-state index in [0.717, 1.165) is 19.4 Å². The van der Waals surface area contributed by atoms with Crippen molar-refractivity contribution in [1.29, 1.82) is 0 Å². The predicted octanol–water partition coefficient (Wildman–Crippen LogP) is 1.55. The van der Waals surface area contributed by atoms with Crippen LogP contribution in [0, 0.1) is 11.8 Å². The van der Waals surface area contributed by atoms with Gasteiger partial charge in [0, 0.05) is 24.4 Å². The van der Waals surface area contributed by atoms with Crippen LogP contribution in [0.2, 0.25) is 0 Å². The summed E-state index contributed by atoms with van der Waals surface area (Å²) in [6, 6.07) is -0.811. The van der Waals surface area contributed by atoms with Crippen molar-refractivity contribution in [2.75, 3.05) is 26.7 Å². The number of benzene rings is 1. The molecule has 20 heteroatoms. The second kappa shape index (κ2) is 26.5. The van der Waals surface area contributed by atoms with Crippen LogP contribution in [0.15, 0.2) is 34.4 Å². The van der Waals surface area contributed by atoms with E-state index in [4.69, 9.17) is 11.5 Å². The first-order valence-corrected chi connectivity index (χ1v) is 20.8. The van der Waals surface area contributed by atoms with E-state index in [1.54, 1.807) is 19.1 Å². The minimum absolute atomic E-state index is 0.0120. The molecule has 5 amide bonds. The highest BCUT2D eigenvalue weighted by Crippen LogP contribution is 2.22. The number of nitrogens with two attached hydrogens (primary N) is 2. The van der Waals surface area contributed by atoms with Crippen molar-refractivity contribution in [1.82, 2.24) is 31.5 Å². The molecular weight excluding hydrogens is 777 g/mol. The van der Waals surface area contributed by atoms with Gasteiger partial charge in [-0.1, -0.05) is 64.2 Å². The number of guanidine groups is 1. The fourth-order valence-corrected chi connectivity index (χ4v) is 6.91. The first-order chi connectivity index (χ1) is 28.5. The Balaban J connectivity index is 2.39. The number of phenols is 1. The molecule has 0 spiro atoms. The average molecular weight is 843 g/mol. The Kier molecular flexibility index (Phi) is 22.3. The van der Waals surface area contributed by atoms with E-state index in [9.17, 15) is 44.5 Å². The topological polar surface area (TPSA) is 319 Å². The summed E-state index contributed by atoms with van der Waals surface area (Å²) >= 11 is 0. The van der Waals surface area contributed by atoms with Crippen molar-refractivity contribution < 1.29 is 39.0 Å². The lowest BCUT2D eigenvalue weighted by atomic mass is 9.96. The molecule has 1 aromatic rings. The van der Waals surface area contributed by atoms with Crippen molar-refractivity contribution in [2.24, 2.45) is 33.4 Å². The summed E-state index contributed by atoms with van der Waals surface area (Å²) in [5.41, 5.74) is 20.7. The van der Waals surface area contributed by atoms with Gasteiger partial charge in [-0.25, -0.2) is 4.79 Å². The highest BCUT2D eigenvalue weighted by Gasteiger charge is 2.40. The van der Waals surface area contributed by atoms with E-state index in [1.807, 2.05) is 27.8 Å². The average Bonchev–Trinajstić information content (AvgIpc) is 3.70. The number of carbonyl (C=O) groups is 6. The molecule has 60 heavy (non-hydrogen) atoms. The lowest BCUT2D eigenvalue weighted by Crippen LogP contribution is -2.60. The SMILES string of the molecule is CC[C@H](C)[C@@H](NC(=O)[C@@H](Cc1ccc(O)cc1)NC(=O)[C@H]1CCCN1C(=O)[C@@H](CCCN=C(N)N)NC(=O)C(CCCCCNC)N=[N+]=[N-])C(=O)N[C@H](CC(C)C)C(=O)O. The van der Waals surface area contributed by atoms with Crippen LogP contribution in [0.1, 0.15) is 97.5 Å². The number of carboxylic acids is 1. The van der Waals surface area contributed by atoms with Gasteiger partial charge in [0.2, 0.25) is 29.5 Å². The quantitative estimate of drug-likeness (QED) is 0.0153. The molecular formula is C40H66N12O8. The molecule has 20 nitrogen and oxygen atoms in total. The Morgan fingerprint density at radius 3 is 2.18 bits per heavy atom. The van der Waals surface area contributed by atoms with Gasteiger partial charge in [-0.3, -0.25) is 29.0 Å². The molecule has 1 heterocycles. The predicted molar refractivity (Wildman–Crippen MR) is 226 cm³/mol. The Labute approximate surface area is 352 Å². The molecule has 1 fully saturated rings. The van der Waals surface area contributed by atoms with Crippen molar-refractivity contribution in [2.45, 2.75) is 135 Å². The van der Waals surface area contributed by atoms with E-state index in [2.05, 4.69) is 41.6 Å². The number of carbonyl (C=O) groups excluding carboxylic acids is 5. The molecule has 1 unspecified atom stereocenters. The standard InChI is InChI=1S/C40H66N12O8/c1-6-25(4)33(37(57)48-31(39(59)60)22-24(2)3)49-35(55)30(23-26-15-17-27(53)18-16-26)47-36(56)32-14-11-21-52(32)38(58)29(13-10-20-45-40(41)42)46-34(54)28(50-51-43)12-8-7-9-19-44-5/h15-18,24-25,28-33,44,53H,6-14,19-23H2,1-5H3,(H,46,54)(H,47,56)(H,48,57)(H,49,55)(H,59,60)(H4,41,42,45)/t25-,28?,29+,30+,31+,32+,33+/m0/s1. The summed E-state index contributed by atoms with van der Waals surface area (Å²) < 4.78 is 0. The summed E-state index contributed by atoms with van der Waals surface area (Å²) in [5.74, 6) is -5.06. The molecule has 11 N–H and O–H groups in total.